The van der Waals surface area contributed by atoms with Crippen LogP contribution in [0.1, 0.15) is 31.7 Å². The van der Waals surface area contributed by atoms with E-state index in [9.17, 15) is 8.78 Å². The zero-order chi connectivity index (χ0) is 12.3. The lowest BCUT2D eigenvalue weighted by Crippen LogP contribution is -2.39. The maximum absolute atomic E-state index is 13.0. The summed E-state index contributed by atoms with van der Waals surface area (Å²) in [6.45, 7) is 2.15. The van der Waals surface area contributed by atoms with Crippen molar-refractivity contribution in [2.75, 3.05) is 0 Å². The van der Waals surface area contributed by atoms with E-state index in [-0.39, 0.29) is 0 Å². The first-order chi connectivity index (χ1) is 8.13. The summed E-state index contributed by atoms with van der Waals surface area (Å²) in [6.07, 6.45) is 7.24. The van der Waals surface area contributed by atoms with Crippen molar-refractivity contribution in [3.63, 3.8) is 0 Å². The van der Waals surface area contributed by atoms with Crippen molar-refractivity contribution in [3.05, 3.63) is 41.5 Å². The van der Waals surface area contributed by atoms with Gasteiger partial charge < -0.3 is 5.32 Å². The van der Waals surface area contributed by atoms with Gasteiger partial charge in [0.2, 0.25) is 0 Å². The molecule has 2 rings (SSSR count). The molecule has 2 atom stereocenters. The van der Waals surface area contributed by atoms with Gasteiger partial charge in [0, 0.05) is 18.2 Å². The molecule has 1 nitrogen and oxygen atoms in total. The average molecular weight is 237 g/mol. The standard InChI is InChI=1S/C14H17F2N/c1-10-3-2-4-14(17-10)6-5-11-7-12(15)9-13(16)8-11/h5-10,14,17H,2-4H2,1H3/b6-5+. The molecule has 17 heavy (non-hydrogen) atoms. The number of hydrogen-bond acceptors (Lipinski definition) is 1. The van der Waals surface area contributed by atoms with Gasteiger partial charge in [-0.2, -0.15) is 0 Å². The van der Waals surface area contributed by atoms with Crippen LogP contribution in [0.3, 0.4) is 0 Å². The van der Waals surface area contributed by atoms with Gasteiger partial charge in [0.1, 0.15) is 11.6 Å². The van der Waals surface area contributed by atoms with E-state index < -0.39 is 11.6 Å². The lowest BCUT2D eigenvalue weighted by Gasteiger charge is -2.26. The zero-order valence-corrected chi connectivity index (χ0v) is 9.92. The number of hydrogen-bond donors (Lipinski definition) is 1. The molecule has 3 heteroatoms. The second kappa shape index (κ2) is 5.41. The van der Waals surface area contributed by atoms with Crippen molar-refractivity contribution in [2.24, 2.45) is 0 Å². The van der Waals surface area contributed by atoms with Crippen LogP contribution < -0.4 is 5.32 Å². The number of benzene rings is 1. The van der Waals surface area contributed by atoms with Gasteiger partial charge in [0.15, 0.2) is 0 Å². The number of piperidine rings is 1. The Bertz CT molecular complexity index is 394. The number of nitrogens with one attached hydrogen (secondary N) is 1. The average Bonchev–Trinajstić information content (AvgIpc) is 2.25. The summed E-state index contributed by atoms with van der Waals surface area (Å²) in [5, 5.41) is 3.44. The van der Waals surface area contributed by atoms with E-state index in [1.165, 1.54) is 25.0 Å². The normalized spacial score (nSPS) is 25.4. The number of halogens is 2. The molecule has 0 spiro atoms. The van der Waals surface area contributed by atoms with Gasteiger partial charge in [-0.1, -0.05) is 18.6 Å². The van der Waals surface area contributed by atoms with Crippen LogP contribution in [-0.2, 0) is 0 Å². The molecule has 1 fully saturated rings. The minimum absolute atomic E-state index is 0.310. The monoisotopic (exact) mass is 237 g/mol. The molecule has 0 bridgehead atoms. The van der Waals surface area contributed by atoms with Gasteiger partial charge in [0.25, 0.3) is 0 Å². The van der Waals surface area contributed by atoms with Crippen LogP contribution in [0.15, 0.2) is 24.3 Å². The van der Waals surface area contributed by atoms with Crippen LogP contribution in [0.25, 0.3) is 6.08 Å². The third kappa shape index (κ3) is 3.63. The van der Waals surface area contributed by atoms with Gasteiger partial charge in [0.05, 0.1) is 0 Å². The molecule has 1 aromatic carbocycles. The first-order valence-electron chi connectivity index (χ1n) is 6.04. The fourth-order valence-corrected chi connectivity index (χ4v) is 2.23. The molecule has 1 N–H and O–H groups in total. The molecule has 1 saturated heterocycles. The maximum atomic E-state index is 13.0. The molecule has 0 aromatic heterocycles. The van der Waals surface area contributed by atoms with E-state index in [1.54, 1.807) is 6.08 Å². The molecule has 0 amide bonds. The van der Waals surface area contributed by atoms with Crippen molar-refractivity contribution in [2.45, 2.75) is 38.3 Å². The van der Waals surface area contributed by atoms with E-state index in [0.29, 0.717) is 17.6 Å². The van der Waals surface area contributed by atoms with Crippen molar-refractivity contribution < 1.29 is 8.78 Å². The predicted octanol–water partition coefficient (Wildman–Crippen LogP) is 3.51. The smallest absolute Gasteiger partial charge is 0.126 e. The molecule has 1 aliphatic rings. The van der Waals surface area contributed by atoms with Crippen LogP contribution in [0, 0.1) is 11.6 Å². The van der Waals surface area contributed by atoms with Crippen LogP contribution in [-0.4, -0.2) is 12.1 Å². The topological polar surface area (TPSA) is 12.0 Å². The molecule has 0 saturated carbocycles. The summed E-state index contributed by atoms with van der Waals surface area (Å²) in [4.78, 5) is 0. The lowest BCUT2D eigenvalue weighted by atomic mass is 9.99. The predicted molar refractivity (Wildman–Crippen MR) is 65.6 cm³/mol. The van der Waals surface area contributed by atoms with Gasteiger partial charge in [-0.15, -0.1) is 0 Å². The second-order valence-corrected chi connectivity index (χ2v) is 4.67. The highest BCUT2D eigenvalue weighted by atomic mass is 19.1. The fourth-order valence-electron chi connectivity index (χ4n) is 2.23. The van der Waals surface area contributed by atoms with E-state index in [4.69, 9.17) is 0 Å². The van der Waals surface area contributed by atoms with Crippen molar-refractivity contribution in [3.8, 4) is 0 Å². The van der Waals surface area contributed by atoms with E-state index >= 15 is 0 Å². The zero-order valence-electron chi connectivity index (χ0n) is 9.92. The number of rotatable bonds is 2. The molecule has 92 valence electrons. The van der Waals surface area contributed by atoms with Gasteiger partial charge in [-0.25, -0.2) is 8.78 Å². The molecular weight excluding hydrogens is 220 g/mol. The second-order valence-electron chi connectivity index (χ2n) is 4.67. The Hall–Kier alpha value is -1.22. The Kier molecular flexibility index (Phi) is 3.89. The molecule has 1 aliphatic heterocycles. The Morgan fingerprint density at radius 1 is 1.18 bits per heavy atom. The van der Waals surface area contributed by atoms with Crippen LogP contribution >= 0.6 is 0 Å². The Balaban J connectivity index is 2.04. The van der Waals surface area contributed by atoms with Crippen molar-refractivity contribution in [1.82, 2.24) is 5.32 Å². The summed E-state index contributed by atoms with van der Waals surface area (Å²) in [5.74, 6) is -1.07. The highest BCUT2D eigenvalue weighted by molar-refractivity contribution is 5.50. The quantitative estimate of drug-likeness (QED) is 0.830. The Morgan fingerprint density at radius 3 is 2.53 bits per heavy atom. The minimum Gasteiger partial charge on any atom is -0.308 e. The molecule has 0 aliphatic carbocycles. The van der Waals surface area contributed by atoms with Crippen LogP contribution in [0.4, 0.5) is 8.78 Å². The third-order valence-corrected chi connectivity index (χ3v) is 3.06. The molecular formula is C14H17F2N. The highest BCUT2D eigenvalue weighted by Crippen LogP contribution is 2.15. The Morgan fingerprint density at radius 2 is 1.88 bits per heavy atom. The lowest BCUT2D eigenvalue weighted by molar-refractivity contribution is 0.375. The van der Waals surface area contributed by atoms with Gasteiger partial charge in [-0.3, -0.25) is 0 Å². The van der Waals surface area contributed by atoms with E-state index in [0.717, 1.165) is 12.5 Å². The molecule has 1 aromatic rings. The van der Waals surface area contributed by atoms with E-state index in [2.05, 4.69) is 12.2 Å². The summed E-state index contributed by atoms with van der Waals surface area (Å²) in [7, 11) is 0. The fraction of sp³-hybridized carbons (Fsp3) is 0.429. The van der Waals surface area contributed by atoms with Gasteiger partial charge >= 0.3 is 0 Å². The van der Waals surface area contributed by atoms with Crippen LogP contribution in [0.2, 0.25) is 0 Å². The third-order valence-electron chi connectivity index (χ3n) is 3.06. The highest BCUT2D eigenvalue weighted by Gasteiger charge is 2.14. The summed E-state index contributed by atoms with van der Waals surface area (Å²) in [5.41, 5.74) is 0.572. The van der Waals surface area contributed by atoms with Crippen molar-refractivity contribution in [1.29, 1.82) is 0 Å². The largest absolute Gasteiger partial charge is 0.308 e. The Labute approximate surface area is 101 Å². The summed E-state index contributed by atoms with van der Waals surface area (Å²) < 4.78 is 25.9. The molecule has 2 unspecified atom stereocenters. The minimum atomic E-state index is -0.533. The first kappa shape index (κ1) is 12.2. The maximum Gasteiger partial charge on any atom is 0.126 e. The van der Waals surface area contributed by atoms with Crippen LogP contribution in [0.5, 0.6) is 0 Å². The first-order valence-corrected chi connectivity index (χ1v) is 6.04. The molecule has 1 heterocycles. The molecule has 0 radical (unpaired) electrons. The van der Waals surface area contributed by atoms with Crippen molar-refractivity contribution >= 4 is 6.08 Å². The summed E-state index contributed by atoms with van der Waals surface area (Å²) >= 11 is 0. The summed E-state index contributed by atoms with van der Waals surface area (Å²) in [6, 6.07) is 4.39. The van der Waals surface area contributed by atoms with Gasteiger partial charge in [-0.05, 0) is 37.5 Å². The van der Waals surface area contributed by atoms with E-state index in [1.807, 2.05) is 6.08 Å². The SMILES string of the molecule is CC1CCCC(/C=C/c2cc(F)cc(F)c2)N1.